The summed E-state index contributed by atoms with van der Waals surface area (Å²) < 4.78 is 20.6. The van der Waals surface area contributed by atoms with Crippen molar-refractivity contribution in [1.29, 1.82) is 0 Å². The van der Waals surface area contributed by atoms with Gasteiger partial charge in [0.25, 0.3) is 0 Å². The van der Waals surface area contributed by atoms with E-state index in [4.69, 9.17) is 16.0 Å². The van der Waals surface area contributed by atoms with E-state index in [1.54, 1.807) is 17.5 Å². The van der Waals surface area contributed by atoms with E-state index in [2.05, 4.69) is 65.8 Å². The molecule has 0 atom stereocenters. The van der Waals surface area contributed by atoms with Gasteiger partial charge in [-0.3, -0.25) is 0 Å². The molecule has 2 aromatic heterocycles. The molecule has 0 saturated heterocycles. The maximum Gasteiger partial charge on any atom is 0.222 e. The minimum Gasteiger partial charge on any atom is -0.416 e. The number of halogens is 3. The van der Waals surface area contributed by atoms with Crippen LogP contribution in [0.25, 0.3) is 10.6 Å². The molecule has 3 nitrogen and oxygen atoms in total. The van der Waals surface area contributed by atoms with E-state index in [1.165, 1.54) is 22.6 Å². The van der Waals surface area contributed by atoms with Gasteiger partial charge in [-0.05, 0) is 81.4 Å². The standard InChI is InChI=1S/C23H27BrClFN2OSSi/c1-23(2,3)31(4,5)29-11-10-16-13-20(21-18(24)14-27-22(25)28-21)30-19(16)12-15-6-8-17(26)9-7-15/h6-9,13-14H,10-12H2,1-5H3. The third-order valence-corrected chi connectivity index (χ3v) is 12.2. The number of rotatable bonds is 7. The second-order valence-electron chi connectivity index (χ2n) is 9.06. The van der Waals surface area contributed by atoms with Crippen LogP contribution in [0.3, 0.4) is 0 Å². The summed E-state index contributed by atoms with van der Waals surface area (Å²) in [5, 5.41) is 0.390. The van der Waals surface area contributed by atoms with Gasteiger partial charge in [0.15, 0.2) is 8.32 Å². The van der Waals surface area contributed by atoms with Crippen LogP contribution in [0, 0.1) is 5.82 Å². The van der Waals surface area contributed by atoms with Gasteiger partial charge in [0.1, 0.15) is 5.82 Å². The number of thiophene rings is 1. The first-order valence-corrected chi connectivity index (χ1v) is 15.0. The van der Waals surface area contributed by atoms with Crippen LogP contribution in [0.15, 0.2) is 41.0 Å². The van der Waals surface area contributed by atoms with Crippen LogP contribution < -0.4 is 0 Å². The molecule has 166 valence electrons. The molecule has 0 radical (unpaired) electrons. The van der Waals surface area contributed by atoms with Crippen LogP contribution >= 0.6 is 38.9 Å². The summed E-state index contributed by atoms with van der Waals surface area (Å²) in [6.07, 6.45) is 3.22. The monoisotopic (exact) mass is 540 g/mol. The van der Waals surface area contributed by atoms with Crippen molar-refractivity contribution in [3.63, 3.8) is 0 Å². The molecule has 0 amide bonds. The maximum absolute atomic E-state index is 13.3. The molecule has 0 N–H and O–H groups in total. The van der Waals surface area contributed by atoms with Gasteiger partial charge in [-0.1, -0.05) is 32.9 Å². The van der Waals surface area contributed by atoms with Gasteiger partial charge >= 0.3 is 0 Å². The molecule has 0 unspecified atom stereocenters. The minimum atomic E-state index is -1.81. The predicted molar refractivity (Wildman–Crippen MR) is 134 cm³/mol. The fourth-order valence-electron chi connectivity index (χ4n) is 2.88. The van der Waals surface area contributed by atoms with Crippen molar-refractivity contribution in [2.45, 2.75) is 51.7 Å². The highest BCUT2D eigenvalue weighted by Crippen LogP contribution is 2.38. The molecule has 0 aliphatic heterocycles. The van der Waals surface area contributed by atoms with Crippen molar-refractivity contribution >= 4 is 47.2 Å². The highest BCUT2D eigenvalue weighted by Gasteiger charge is 2.36. The lowest BCUT2D eigenvalue weighted by atomic mass is 10.1. The van der Waals surface area contributed by atoms with Gasteiger partial charge in [0.05, 0.1) is 15.0 Å². The summed E-state index contributed by atoms with van der Waals surface area (Å²) in [4.78, 5) is 10.7. The molecule has 2 heterocycles. The summed E-state index contributed by atoms with van der Waals surface area (Å²) >= 11 is 11.3. The Kier molecular flexibility index (Phi) is 7.74. The van der Waals surface area contributed by atoms with Crippen molar-refractivity contribution in [3.05, 3.63) is 68.1 Å². The lowest BCUT2D eigenvalue weighted by Gasteiger charge is -2.36. The van der Waals surface area contributed by atoms with Crippen LogP contribution in [0.4, 0.5) is 4.39 Å². The molecule has 3 rings (SSSR count). The molecule has 0 spiro atoms. The quantitative estimate of drug-likeness (QED) is 0.225. The van der Waals surface area contributed by atoms with E-state index in [0.717, 1.165) is 33.4 Å². The van der Waals surface area contributed by atoms with E-state index in [1.807, 2.05) is 12.1 Å². The van der Waals surface area contributed by atoms with Crippen LogP contribution in [0.2, 0.25) is 23.4 Å². The SMILES string of the molecule is CC(C)(C)[Si](C)(C)OCCc1cc(-c2nc(Cl)ncc2Br)sc1Cc1ccc(F)cc1. The first-order chi connectivity index (χ1) is 14.5. The van der Waals surface area contributed by atoms with Crippen molar-refractivity contribution in [3.8, 4) is 10.6 Å². The highest BCUT2D eigenvalue weighted by molar-refractivity contribution is 9.10. The summed E-state index contributed by atoms with van der Waals surface area (Å²) in [6.45, 7) is 12.0. The Hall–Kier alpha value is -1.12. The Bertz CT molecular complexity index is 1050. The minimum absolute atomic E-state index is 0.173. The molecule has 0 saturated carbocycles. The second-order valence-corrected chi connectivity index (χ2v) is 16.2. The third kappa shape index (κ3) is 6.23. The predicted octanol–water partition coefficient (Wildman–Crippen LogP) is 7.92. The molecular formula is C23H27BrClFN2OSSi. The van der Waals surface area contributed by atoms with Gasteiger partial charge in [-0.15, -0.1) is 11.3 Å². The van der Waals surface area contributed by atoms with Gasteiger partial charge < -0.3 is 4.43 Å². The number of aromatic nitrogens is 2. The van der Waals surface area contributed by atoms with E-state index < -0.39 is 8.32 Å². The lowest BCUT2D eigenvalue weighted by molar-refractivity contribution is 0.292. The summed E-state index contributed by atoms with van der Waals surface area (Å²) in [7, 11) is -1.81. The molecule has 31 heavy (non-hydrogen) atoms. The van der Waals surface area contributed by atoms with Gasteiger partial charge in [0.2, 0.25) is 5.28 Å². The fourth-order valence-corrected chi connectivity index (χ4v) is 5.85. The van der Waals surface area contributed by atoms with Gasteiger partial charge in [-0.2, -0.15) is 0 Å². The second kappa shape index (κ2) is 9.79. The smallest absolute Gasteiger partial charge is 0.222 e. The molecule has 3 aromatic rings. The average Bonchev–Trinajstić information content (AvgIpc) is 3.07. The fraction of sp³-hybridized carbons (Fsp3) is 0.391. The van der Waals surface area contributed by atoms with Crippen LogP contribution in [0.5, 0.6) is 0 Å². The zero-order chi connectivity index (χ0) is 22.8. The van der Waals surface area contributed by atoms with Crippen LogP contribution in [-0.2, 0) is 17.3 Å². The normalized spacial score (nSPS) is 12.4. The van der Waals surface area contributed by atoms with Crippen molar-refractivity contribution in [2.24, 2.45) is 0 Å². The van der Waals surface area contributed by atoms with Crippen molar-refractivity contribution in [2.75, 3.05) is 6.61 Å². The molecule has 0 fully saturated rings. The first kappa shape index (κ1) is 24.5. The van der Waals surface area contributed by atoms with Gasteiger partial charge in [-0.25, -0.2) is 14.4 Å². The molecule has 1 aromatic carbocycles. The van der Waals surface area contributed by atoms with Crippen LogP contribution in [-0.4, -0.2) is 24.9 Å². The molecule has 8 heteroatoms. The van der Waals surface area contributed by atoms with E-state index in [9.17, 15) is 4.39 Å². The topological polar surface area (TPSA) is 35.0 Å². The Balaban J connectivity index is 1.89. The Morgan fingerprint density at radius 2 is 1.87 bits per heavy atom. The van der Waals surface area contributed by atoms with Gasteiger partial charge in [0, 0.05) is 24.1 Å². The highest BCUT2D eigenvalue weighted by atomic mass is 79.9. The molecular weight excluding hydrogens is 515 g/mol. The number of nitrogens with zero attached hydrogens (tertiary/aromatic N) is 2. The van der Waals surface area contributed by atoms with Crippen LogP contribution in [0.1, 0.15) is 36.8 Å². The first-order valence-electron chi connectivity index (χ1n) is 10.1. The zero-order valence-electron chi connectivity index (χ0n) is 18.4. The lowest BCUT2D eigenvalue weighted by Crippen LogP contribution is -2.41. The Morgan fingerprint density at radius 3 is 2.52 bits per heavy atom. The molecule has 0 aliphatic rings. The number of benzene rings is 1. The van der Waals surface area contributed by atoms with E-state index >= 15 is 0 Å². The Labute approximate surface area is 202 Å². The van der Waals surface area contributed by atoms with Crippen molar-refractivity contribution < 1.29 is 8.82 Å². The molecule has 0 aliphatic carbocycles. The van der Waals surface area contributed by atoms with E-state index in [0.29, 0.717) is 6.61 Å². The molecule has 0 bridgehead atoms. The third-order valence-electron chi connectivity index (χ3n) is 5.76. The maximum atomic E-state index is 13.3. The largest absolute Gasteiger partial charge is 0.416 e. The summed E-state index contributed by atoms with van der Waals surface area (Å²) in [5.41, 5.74) is 3.08. The number of hydrogen-bond acceptors (Lipinski definition) is 4. The number of hydrogen-bond donors (Lipinski definition) is 0. The zero-order valence-corrected chi connectivity index (χ0v) is 22.6. The summed E-state index contributed by atoms with van der Waals surface area (Å²) in [6, 6.07) is 8.85. The average molecular weight is 542 g/mol. The summed E-state index contributed by atoms with van der Waals surface area (Å²) in [5.74, 6) is -0.224. The Morgan fingerprint density at radius 1 is 1.19 bits per heavy atom. The van der Waals surface area contributed by atoms with Crippen molar-refractivity contribution in [1.82, 2.24) is 9.97 Å². The van der Waals surface area contributed by atoms with E-state index in [-0.39, 0.29) is 16.1 Å².